The Morgan fingerprint density at radius 2 is 2.00 bits per heavy atom. The second-order valence-corrected chi connectivity index (χ2v) is 6.95. The lowest BCUT2D eigenvalue weighted by molar-refractivity contribution is 0.0827. The van der Waals surface area contributed by atoms with Crippen LogP contribution in [0.1, 0.15) is 41.3 Å². The van der Waals surface area contributed by atoms with E-state index in [1.54, 1.807) is 31.1 Å². The molecule has 0 aliphatic rings. The summed E-state index contributed by atoms with van der Waals surface area (Å²) in [4.78, 5) is 13.7. The monoisotopic (exact) mass is 385 g/mol. The van der Waals surface area contributed by atoms with Crippen molar-refractivity contribution in [1.29, 1.82) is 0 Å². The molecule has 7 nitrogen and oxygen atoms in total. The molecule has 8 heteroatoms. The molecule has 0 aliphatic heterocycles. The predicted octanol–water partition coefficient (Wildman–Crippen LogP) is 4.45. The van der Waals surface area contributed by atoms with E-state index in [-0.39, 0.29) is 11.9 Å². The number of hydrogen-bond acceptors (Lipinski definition) is 7. The predicted molar refractivity (Wildman–Crippen MR) is 108 cm³/mol. The maximum absolute atomic E-state index is 12.2. The molecule has 3 rings (SSSR count). The highest BCUT2D eigenvalue weighted by atomic mass is 32.1. The van der Waals surface area contributed by atoms with Crippen LogP contribution in [-0.2, 0) is 0 Å². The second-order valence-electron chi connectivity index (χ2n) is 6.42. The van der Waals surface area contributed by atoms with Crippen LogP contribution in [0.4, 0.5) is 17.3 Å². The maximum Gasteiger partial charge on any atom is 0.253 e. The van der Waals surface area contributed by atoms with Crippen LogP contribution < -0.4 is 10.6 Å². The number of aryl methyl sites for hydroxylation is 1. The van der Waals surface area contributed by atoms with Gasteiger partial charge in [-0.15, -0.1) is 0 Å². The van der Waals surface area contributed by atoms with Gasteiger partial charge in [0.15, 0.2) is 11.6 Å². The van der Waals surface area contributed by atoms with Gasteiger partial charge in [-0.05, 0) is 43.7 Å². The van der Waals surface area contributed by atoms with E-state index in [0.717, 1.165) is 35.4 Å². The summed E-state index contributed by atoms with van der Waals surface area (Å²) in [6.07, 6.45) is 0.844. The Kier molecular flexibility index (Phi) is 5.75. The van der Waals surface area contributed by atoms with Gasteiger partial charge in [0, 0.05) is 25.3 Å². The Bertz CT molecular complexity index is 918. The van der Waals surface area contributed by atoms with Crippen LogP contribution in [0, 0.1) is 6.92 Å². The van der Waals surface area contributed by atoms with Crippen molar-refractivity contribution in [2.45, 2.75) is 26.3 Å². The Morgan fingerprint density at radius 3 is 2.67 bits per heavy atom. The first-order valence-electron chi connectivity index (χ1n) is 8.72. The maximum atomic E-state index is 12.2. The summed E-state index contributed by atoms with van der Waals surface area (Å²) in [5.74, 6) is 2.98. The number of nitrogens with zero attached hydrogens (tertiary/aromatic N) is 3. The molecule has 0 radical (unpaired) electrons. The molecule has 2 N–H and O–H groups in total. The summed E-state index contributed by atoms with van der Waals surface area (Å²) < 4.78 is 14.4. The van der Waals surface area contributed by atoms with E-state index in [9.17, 15) is 4.79 Å². The van der Waals surface area contributed by atoms with Crippen LogP contribution in [-0.4, -0.2) is 33.6 Å². The summed E-state index contributed by atoms with van der Waals surface area (Å²) >= 11 is 1.12. The van der Waals surface area contributed by atoms with Gasteiger partial charge in [0.2, 0.25) is 0 Å². The van der Waals surface area contributed by atoms with E-state index in [4.69, 9.17) is 4.42 Å². The molecule has 1 unspecified atom stereocenters. The van der Waals surface area contributed by atoms with Crippen LogP contribution in [0.2, 0.25) is 0 Å². The van der Waals surface area contributed by atoms with Crippen molar-refractivity contribution in [2.24, 2.45) is 0 Å². The molecule has 27 heavy (non-hydrogen) atoms. The van der Waals surface area contributed by atoms with Crippen LogP contribution in [0.15, 0.2) is 40.8 Å². The lowest BCUT2D eigenvalue weighted by Gasteiger charge is -2.15. The van der Waals surface area contributed by atoms with E-state index < -0.39 is 0 Å². The highest BCUT2D eigenvalue weighted by Gasteiger charge is 2.18. The highest BCUT2D eigenvalue weighted by Crippen LogP contribution is 2.29. The first-order valence-corrected chi connectivity index (χ1v) is 9.45. The molecule has 3 aromatic rings. The number of hydrogen-bond donors (Lipinski definition) is 2. The Labute approximate surface area is 162 Å². The first kappa shape index (κ1) is 18.9. The first-order chi connectivity index (χ1) is 13.0. The fourth-order valence-electron chi connectivity index (χ4n) is 2.67. The topological polar surface area (TPSA) is 83.3 Å². The molecule has 1 atom stereocenters. The van der Waals surface area contributed by atoms with Gasteiger partial charge in [-0.1, -0.05) is 13.0 Å². The number of aromatic nitrogens is 2. The number of anilines is 3. The second kappa shape index (κ2) is 8.22. The molecule has 0 saturated carbocycles. The zero-order valence-electron chi connectivity index (χ0n) is 15.8. The number of carbonyl (C=O) groups excluding carboxylic acids is 1. The molecule has 2 aromatic heterocycles. The van der Waals surface area contributed by atoms with Gasteiger partial charge in [0.1, 0.15) is 11.5 Å². The van der Waals surface area contributed by atoms with Gasteiger partial charge in [-0.2, -0.15) is 8.75 Å². The normalized spacial score (nSPS) is 11.9. The lowest BCUT2D eigenvalue weighted by atomic mass is 10.1. The SMILES string of the molecule is CCC(Nc1nsnc1Nc1cccc(C(=O)N(C)C)c1)c1ccc(C)o1. The van der Waals surface area contributed by atoms with E-state index in [1.165, 1.54) is 0 Å². The Hall–Kier alpha value is -2.87. The van der Waals surface area contributed by atoms with E-state index in [2.05, 4.69) is 26.3 Å². The summed E-state index contributed by atoms with van der Waals surface area (Å²) in [5.41, 5.74) is 1.39. The van der Waals surface area contributed by atoms with Crippen molar-refractivity contribution in [3.05, 3.63) is 53.5 Å². The number of rotatable bonds is 7. The largest absolute Gasteiger partial charge is 0.464 e. The Morgan fingerprint density at radius 1 is 1.22 bits per heavy atom. The third-order valence-corrected chi connectivity index (χ3v) is 4.62. The standard InChI is InChI=1S/C19H23N5O2S/c1-5-15(16-10-9-12(2)26-16)21-18-17(22-27-23-18)20-14-8-6-7-13(11-14)19(25)24(3)4/h6-11,15H,5H2,1-4H3,(H,20,22)(H,21,23). The van der Waals surface area contributed by atoms with Gasteiger partial charge >= 0.3 is 0 Å². The van der Waals surface area contributed by atoms with Gasteiger partial charge in [0.25, 0.3) is 5.91 Å². The van der Waals surface area contributed by atoms with Crippen LogP contribution in [0.5, 0.6) is 0 Å². The number of carbonyl (C=O) groups is 1. The molecule has 0 aliphatic carbocycles. The van der Waals surface area contributed by atoms with E-state index in [1.807, 2.05) is 31.2 Å². The van der Waals surface area contributed by atoms with Crippen molar-refractivity contribution in [3.63, 3.8) is 0 Å². The number of amides is 1. The van der Waals surface area contributed by atoms with Crippen LogP contribution in [0.25, 0.3) is 0 Å². The molecule has 0 saturated heterocycles. The molecule has 142 valence electrons. The molecule has 0 spiro atoms. The molecule has 0 fully saturated rings. The highest BCUT2D eigenvalue weighted by molar-refractivity contribution is 6.99. The lowest BCUT2D eigenvalue weighted by Crippen LogP contribution is -2.21. The summed E-state index contributed by atoms with van der Waals surface area (Å²) in [6.45, 7) is 4.01. The average Bonchev–Trinajstić information content (AvgIpc) is 3.28. The molecule has 1 amide bonds. The number of furan rings is 1. The molecular formula is C19H23N5O2S. The van der Waals surface area contributed by atoms with Crippen molar-refractivity contribution >= 4 is 35.0 Å². The average molecular weight is 385 g/mol. The minimum atomic E-state index is -0.0485. The van der Waals surface area contributed by atoms with Gasteiger partial charge in [-0.3, -0.25) is 4.79 Å². The number of nitrogens with one attached hydrogen (secondary N) is 2. The summed E-state index contributed by atoms with van der Waals surface area (Å²) in [6, 6.07) is 11.3. The zero-order chi connectivity index (χ0) is 19.4. The van der Waals surface area contributed by atoms with Crippen molar-refractivity contribution < 1.29 is 9.21 Å². The van der Waals surface area contributed by atoms with Crippen LogP contribution >= 0.6 is 11.7 Å². The quantitative estimate of drug-likeness (QED) is 0.625. The third kappa shape index (κ3) is 4.46. The van der Waals surface area contributed by atoms with Gasteiger partial charge < -0.3 is 20.0 Å². The third-order valence-electron chi connectivity index (χ3n) is 4.09. The van der Waals surface area contributed by atoms with E-state index in [0.29, 0.717) is 17.2 Å². The summed E-state index contributed by atoms with van der Waals surface area (Å²) in [7, 11) is 3.46. The molecule has 0 bridgehead atoms. The van der Waals surface area contributed by atoms with E-state index >= 15 is 0 Å². The van der Waals surface area contributed by atoms with Crippen LogP contribution in [0.3, 0.4) is 0 Å². The van der Waals surface area contributed by atoms with Gasteiger partial charge in [-0.25, -0.2) is 0 Å². The minimum absolute atomic E-state index is 0.00445. The smallest absolute Gasteiger partial charge is 0.253 e. The minimum Gasteiger partial charge on any atom is -0.464 e. The molecule has 1 aromatic carbocycles. The molecule has 2 heterocycles. The van der Waals surface area contributed by atoms with Crippen molar-refractivity contribution in [3.8, 4) is 0 Å². The fourth-order valence-corrected chi connectivity index (χ4v) is 3.15. The van der Waals surface area contributed by atoms with Crippen molar-refractivity contribution in [2.75, 3.05) is 24.7 Å². The zero-order valence-corrected chi connectivity index (χ0v) is 16.6. The van der Waals surface area contributed by atoms with Gasteiger partial charge in [0.05, 0.1) is 17.8 Å². The van der Waals surface area contributed by atoms with Crippen molar-refractivity contribution in [1.82, 2.24) is 13.6 Å². The fraction of sp³-hybridized carbons (Fsp3) is 0.316. The molecular weight excluding hydrogens is 362 g/mol. The summed E-state index contributed by atoms with van der Waals surface area (Å²) in [5, 5.41) is 6.63. The number of benzene rings is 1. The Balaban J connectivity index is 1.77.